The van der Waals surface area contributed by atoms with Gasteiger partial charge < -0.3 is 27.2 Å². The Morgan fingerprint density at radius 1 is 1.00 bits per heavy atom. The van der Waals surface area contributed by atoms with Crippen LogP contribution in [0.25, 0.3) is 0 Å². The third-order valence-corrected chi connectivity index (χ3v) is 3.69. The number of carbonyl (C=O) groups is 2. The molecular weight excluding hydrogens is 244 g/mol. The van der Waals surface area contributed by atoms with Crippen LogP contribution in [0.15, 0.2) is 0 Å². The van der Waals surface area contributed by atoms with Gasteiger partial charge in [-0.05, 0) is 0 Å². The van der Waals surface area contributed by atoms with Crippen LogP contribution >= 0.6 is 21.6 Å². The third-order valence-electron chi connectivity index (χ3n) is 1.21. The summed E-state index contributed by atoms with van der Waals surface area (Å²) in [5.74, 6) is -1.68. The van der Waals surface area contributed by atoms with E-state index >= 15 is 0 Å². The maximum absolute atomic E-state index is 10.3. The van der Waals surface area contributed by atoms with Crippen molar-refractivity contribution in [2.75, 3.05) is 11.5 Å². The van der Waals surface area contributed by atoms with Gasteiger partial charge >= 0.3 is 11.9 Å². The summed E-state index contributed by atoms with van der Waals surface area (Å²) in [4.78, 5) is 20.5. The fourth-order valence-corrected chi connectivity index (χ4v) is 2.61. The van der Waals surface area contributed by atoms with E-state index in [-0.39, 0.29) is 17.0 Å². The average molecular weight is 258 g/mol. The van der Waals surface area contributed by atoms with E-state index in [1.54, 1.807) is 0 Å². The van der Waals surface area contributed by atoms with Crippen molar-refractivity contribution >= 4 is 33.5 Å². The third kappa shape index (κ3) is 8.51. The van der Waals surface area contributed by atoms with E-state index in [1.807, 2.05) is 0 Å². The SMILES string of the molecule is N[C@H](CSSC[C@H](N)C(=O)O)C(=O)O.O. The molecule has 0 amide bonds. The molecule has 0 saturated heterocycles. The summed E-state index contributed by atoms with van der Waals surface area (Å²) in [6, 6.07) is -1.85. The molecule has 0 aromatic rings. The molecule has 0 aliphatic carbocycles. The molecule has 0 spiro atoms. The van der Waals surface area contributed by atoms with Crippen molar-refractivity contribution in [2.45, 2.75) is 12.1 Å². The maximum atomic E-state index is 10.3. The average Bonchev–Trinajstić information content (AvgIpc) is 2.11. The number of nitrogens with two attached hydrogens (primary N) is 2. The predicted octanol–water partition coefficient (Wildman–Crippen LogP) is -1.63. The van der Waals surface area contributed by atoms with Gasteiger partial charge in [-0.1, -0.05) is 21.6 Å². The Bertz CT molecular complexity index is 194. The number of carboxylic acid groups (broad SMARTS) is 2. The van der Waals surface area contributed by atoms with Crippen molar-refractivity contribution in [1.82, 2.24) is 0 Å². The molecule has 0 bridgehead atoms. The van der Waals surface area contributed by atoms with Gasteiger partial charge in [-0.15, -0.1) is 0 Å². The van der Waals surface area contributed by atoms with Crippen LogP contribution in [0.2, 0.25) is 0 Å². The molecule has 15 heavy (non-hydrogen) atoms. The first-order chi connectivity index (χ1) is 6.45. The first-order valence-electron chi connectivity index (χ1n) is 3.66. The minimum absolute atomic E-state index is 0. The van der Waals surface area contributed by atoms with Crippen LogP contribution in [-0.2, 0) is 9.59 Å². The van der Waals surface area contributed by atoms with E-state index in [2.05, 4.69) is 0 Å². The molecule has 90 valence electrons. The summed E-state index contributed by atoms with van der Waals surface area (Å²) in [5, 5.41) is 16.8. The maximum Gasteiger partial charge on any atom is 0.321 e. The molecule has 9 heteroatoms. The van der Waals surface area contributed by atoms with Gasteiger partial charge in [-0.2, -0.15) is 0 Å². The van der Waals surface area contributed by atoms with Crippen LogP contribution in [0, 0.1) is 0 Å². The monoisotopic (exact) mass is 258 g/mol. The summed E-state index contributed by atoms with van der Waals surface area (Å²) >= 11 is 0. The highest BCUT2D eigenvalue weighted by atomic mass is 33.1. The molecule has 0 fully saturated rings. The van der Waals surface area contributed by atoms with Crippen LogP contribution in [-0.4, -0.2) is 51.2 Å². The molecule has 2 atom stereocenters. The standard InChI is InChI=1S/C6H12N2O4S2.H2O/c7-3(5(9)10)1-13-14-2-4(8)6(11)12;/h3-4H,1-2,7-8H2,(H,9,10)(H,11,12);1H2/t3-,4+;. The van der Waals surface area contributed by atoms with Crippen LogP contribution in [0.1, 0.15) is 0 Å². The van der Waals surface area contributed by atoms with E-state index in [0.717, 1.165) is 0 Å². The van der Waals surface area contributed by atoms with Gasteiger partial charge in [0.15, 0.2) is 0 Å². The van der Waals surface area contributed by atoms with E-state index in [1.165, 1.54) is 21.6 Å². The Morgan fingerprint density at radius 3 is 1.47 bits per heavy atom. The zero-order chi connectivity index (χ0) is 11.1. The lowest BCUT2D eigenvalue weighted by Gasteiger charge is -2.07. The van der Waals surface area contributed by atoms with Gasteiger partial charge in [0.25, 0.3) is 0 Å². The molecule has 7 nitrogen and oxygen atoms in total. The number of hydrogen-bond acceptors (Lipinski definition) is 6. The molecule has 0 saturated carbocycles. The topological polar surface area (TPSA) is 158 Å². The fraction of sp³-hybridized carbons (Fsp3) is 0.667. The number of aliphatic carboxylic acids is 2. The molecule has 0 aromatic heterocycles. The number of carboxylic acids is 2. The Balaban J connectivity index is 0. The van der Waals surface area contributed by atoms with E-state index in [9.17, 15) is 9.59 Å². The zero-order valence-corrected chi connectivity index (χ0v) is 9.38. The number of rotatable bonds is 7. The minimum Gasteiger partial charge on any atom is -0.480 e. The zero-order valence-electron chi connectivity index (χ0n) is 7.75. The van der Waals surface area contributed by atoms with Crippen LogP contribution in [0.3, 0.4) is 0 Å². The van der Waals surface area contributed by atoms with E-state index < -0.39 is 24.0 Å². The molecule has 0 heterocycles. The molecule has 0 aromatic carbocycles. The lowest BCUT2D eigenvalue weighted by atomic mass is 10.4. The normalized spacial score (nSPS) is 13.7. The van der Waals surface area contributed by atoms with Crippen LogP contribution in [0.4, 0.5) is 0 Å². The molecular formula is C6H14N2O5S2. The molecule has 0 aliphatic rings. The largest absolute Gasteiger partial charge is 0.480 e. The Hall–Kier alpha value is -0.480. The Kier molecular flexibility index (Phi) is 9.93. The summed E-state index contributed by atoms with van der Waals surface area (Å²) in [6.07, 6.45) is 0. The van der Waals surface area contributed by atoms with Crippen LogP contribution in [0.5, 0.6) is 0 Å². The van der Waals surface area contributed by atoms with E-state index in [4.69, 9.17) is 21.7 Å². The van der Waals surface area contributed by atoms with Crippen molar-refractivity contribution in [3.8, 4) is 0 Å². The smallest absolute Gasteiger partial charge is 0.321 e. The summed E-state index contributed by atoms with van der Waals surface area (Å²) in [5.41, 5.74) is 10.4. The van der Waals surface area contributed by atoms with Crippen molar-refractivity contribution in [3.05, 3.63) is 0 Å². The minimum atomic E-state index is -1.07. The van der Waals surface area contributed by atoms with Gasteiger partial charge in [0.2, 0.25) is 0 Å². The quantitative estimate of drug-likeness (QED) is 0.313. The highest BCUT2D eigenvalue weighted by Gasteiger charge is 2.14. The lowest BCUT2D eigenvalue weighted by Crippen LogP contribution is -2.33. The highest BCUT2D eigenvalue weighted by molar-refractivity contribution is 8.76. The van der Waals surface area contributed by atoms with Gasteiger partial charge in [-0.3, -0.25) is 9.59 Å². The van der Waals surface area contributed by atoms with Gasteiger partial charge in [-0.25, -0.2) is 0 Å². The second kappa shape index (κ2) is 8.80. The molecule has 0 rings (SSSR count). The van der Waals surface area contributed by atoms with E-state index in [0.29, 0.717) is 0 Å². The summed E-state index contributed by atoms with van der Waals surface area (Å²) < 4.78 is 0. The lowest BCUT2D eigenvalue weighted by molar-refractivity contribution is -0.138. The summed E-state index contributed by atoms with van der Waals surface area (Å²) in [7, 11) is 2.41. The molecule has 0 unspecified atom stereocenters. The Labute approximate surface area is 94.3 Å². The van der Waals surface area contributed by atoms with Gasteiger partial charge in [0.1, 0.15) is 12.1 Å². The van der Waals surface area contributed by atoms with Crippen molar-refractivity contribution < 1.29 is 25.3 Å². The van der Waals surface area contributed by atoms with Crippen LogP contribution < -0.4 is 11.5 Å². The second-order valence-corrected chi connectivity index (χ2v) is 5.01. The molecule has 0 radical (unpaired) electrons. The predicted molar refractivity (Wildman–Crippen MR) is 59.8 cm³/mol. The second-order valence-electron chi connectivity index (χ2n) is 2.46. The number of hydrogen-bond donors (Lipinski definition) is 4. The summed E-state index contributed by atoms with van der Waals surface area (Å²) in [6.45, 7) is 0. The van der Waals surface area contributed by atoms with Crippen molar-refractivity contribution in [2.24, 2.45) is 11.5 Å². The fourth-order valence-electron chi connectivity index (χ4n) is 0.385. The van der Waals surface area contributed by atoms with Gasteiger partial charge in [0.05, 0.1) is 0 Å². The molecule has 8 N–H and O–H groups in total. The first-order valence-corrected chi connectivity index (χ1v) is 6.15. The molecule has 0 aliphatic heterocycles. The first kappa shape index (κ1) is 16.9. The Morgan fingerprint density at radius 2 is 1.27 bits per heavy atom. The van der Waals surface area contributed by atoms with Crippen molar-refractivity contribution in [3.63, 3.8) is 0 Å². The van der Waals surface area contributed by atoms with Crippen molar-refractivity contribution in [1.29, 1.82) is 0 Å². The highest BCUT2D eigenvalue weighted by Crippen LogP contribution is 2.22. The van der Waals surface area contributed by atoms with Gasteiger partial charge in [0, 0.05) is 11.5 Å².